The van der Waals surface area contributed by atoms with E-state index in [1.165, 1.54) is 0 Å². The van der Waals surface area contributed by atoms with Crippen LogP contribution in [0, 0.1) is 0 Å². The van der Waals surface area contributed by atoms with Crippen molar-refractivity contribution in [3.63, 3.8) is 0 Å². The molecule has 70 valence electrons. The van der Waals surface area contributed by atoms with Crippen molar-refractivity contribution >= 4 is 0 Å². The molecular formula is C8H14O4. The summed E-state index contributed by atoms with van der Waals surface area (Å²) in [6.07, 6.45) is 0.137. The molecule has 0 aromatic heterocycles. The van der Waals surface area contributed by atoms with Crippen molar-refractivity contribution in [3.05, 3.63) is 0 Å². The van der Waals surface area contributed by atoms with E-state index < -0.39 is 0 Å². The quantitative estimate of drug-likeness (QED) is 0.552. The lowest BCUT2D eigenvalue weighted by Gasteiger charge is -2.32. The van der Waals surface area contributed by atoms with Crippen molar-refractivity contribution < 1.29 is 18.9 Å². The first-order valence-electron chi connectivity index (χ1n) is 4.35. The predicted octanol–water partition coefficient (Wildman–Crippen LogP) is -0.183. The summed E-state index contributed by atoms with van der Waals surface area (Å²) in [4.78, 5) is 0. The fourth-order valence-corrected chi connectivity index (χ4v) is 1.44. The van der Waals surface area contributed by atoms with Gasteiger partial charge in [-0.1, -0.05) is 0 Å². The molecule has 0 amide bonds. The van der Waals surface area contributed by atoms with E-state index >= 15 is 0 Å². The lowest BCUT2D eigenvalue weighted by atomic mass is 10.2. The van der Waals surface area contributed by atoms with Gasteiger partial charge in [0.2, 0.25) is 0 Å². The smallest absolute Gasteiger partial charge is 0.109 e. The Morgan fingerprint density at radius 3 is 1.50 bits per heavy atom. The summed E-state index contributed by atoms with van der Waals surface area (Å²) in [5, 5.41) is 0. The van der Waals surface area contributed by atoms with E-state index in [2.05, 4.69) is 0 Å². The fourth-order valence-electron chi connectivity index (χ4n) is 1.44. The van der Waals surface area contributed by atoms with E-state index in [1.807, 2.05) is 0 Å². The van der Waals surface area contributed by atoms with Crippen LogP contribution in [-0.4, -0.2) is 51.8 Å². The zero-order valence-corrected chi connectivity index (χ0v) is 7.03. The van der Waals surface area contributed by atoms with Crippen molar-refractivity contribution in [1.82, 2.24) is 0 Å². The highest BCUT2D eigenvalue weighted by Crippen LogP contribution is 2.12. The molecule has 0 aliphatic carbocycles. The van der Waals surface area contributed by atoms with Crippen LogP contribution in [0.2, 0.25) is 0 Å². The minimum atomic E-state index is 0.0686. The van der Waals surface area contributed by atoms with Gasteiger partial charge in [-0.05, 0) is 0 Å². The van der Waals surface area contributed by atoms with Crippen LogP contribution >= 0.6 is 0 Å². The second kappa shape index (κ2) is 4.18. The molecular weight excluding hydrogens is 160 g/mol. The van der Waals surface area contributed by atoms with E-state index in [9.17, 15) is 0 Å². The molecule has 2 aliphatic rings. The summed E-state index contributed by atoms with van der Waals surface area (Å²) in [6.45, 7) is 4.01. The second-order valence-corrected chi connectivity index (χ2v) is 2.97. The van der Waals surface area contributed by atoms with Gasteiger partial charge >= 0.3 is 0 Å². The molecule has 0 N–H and O–H groups in total. The van der Waals surface area contributed by atoms with E-state index in [-0.39, 0.29) is 12.2 Å². The van der Waals surface area contributed by atoms with Gasteiger partial charge in [-0.15, -0.1) is 0 Å². The Hall–Kier alpha value is -0.160. The van der Waals surface area contributed by atoms with Gasteiger partial charge < -0.3 is 18.9 Å². The predicted molar refractivity (Wildman–Crippen MR) is 41.1 cm³/mol. The number of rotatable bonds is 1. The van der Waals surface area contributed by atoms with Crippen LogP contribution in [0.15, 0.2) is 0 Å². The van der Waals surface area contributed by atoms with Gasteiger partial charge in [0, 0.05) is 0 Å². The molecule has 12 heavy (non-hydrogen) atoms. The third kappa shape index (κ3) is 1.95. The van der Waals surface area contributed by atoms with Gasteiger partial charge in [0.25, 0.3) is 0 Å². The molecule has 0 bridgehead atoms. The van der Waals surface area contributed by atoms with Crippen LogP contribution in [0.1, 0.15) is 0 Å². The van der Waals surface area contributed by atoms with Crippen LogP contribution in [0.4, 0.5) is 0 Å². The average Bonchev–Trinajstić information content (AvgIpc) is 2.21. The van der Waals surface area contributed by atoms with Crippen LogP contribution in [0.3, 0.4) is 0 Å². The minimum Gasteiger partial charge on any atom is -0.376 e. The van der Waals surface area contributed by atoms with Gasteiger partial charge in [-0.3, -0.25) is 0 Å². The molecule has 0 spiro atoms. The molecule has 4 nitrogen and oxygen atoms in total. The Labute approximate surface area is 71.7 Å². The van der Waals surface area contributed by atoms with Crippen LogP contribution in [-0.2, 0) is 18.9 Å². The highest BCUT2D eigenvalue weighted by atomic mass is 16.6. The van der Waals surface area contributed by atoms with E-state index in [0.717, 1.165) is 0 Å². The maximum Gasteiger partial charge on any atom is 0.109 e. The maximum absolute atomic E-state index is 5.49. The summed E-state index contributed by atoms with van der Waals surface area (Å²) in [7, 11) is 0. The Morgan fingerprint density at radius 1 is 0.667 bits per heavy atom. The van der Waals surface area contributed by atoms with Crippen molar-refractivity contribution in [2.24, 2.45) is 0 Å². The normalized spacial score (nSPS) is 38.0. The zero-order valence-electron chi connectivity index (χ0n) is 7.03. The largest absolute Gasteiger partial charge is 0.376 e. The monoisotopic (exact) mass is 174 g/mol. The number of ether oxygens (including phenoxy) is 4. The van der Waals surface area contributed by atoms with Crippen molar-refractivity contribution in [2.75, 3.05) is 39.6 Å². The third-order valence-electron chi connectivity index (χ3n) is 2.10. The van der Waals surface area contributed by atoms with Crippen molar-refractivity contribution in [2.45, 2.75) is 12.2 Å². The summed E-state index contributed by atoms with van der Waals surface area (Å²) in [5.74, 6) is 0. The standard InChI is InChI=1S/C8H14O4/c1-3-11-7(5-9-1)8-6-10-2-4-12-8/h7-8H,1-6H2/t7-,8+. The topological polar surface area (TPSA) is 36.9 Å². The second-order valence-electron chi connectivity index (χ2n) is 2.97. The highest BCUT2D eigenvalue weighted by molar-refractivity contribution is 4.74. The SMILES string of the molecule is C1CO[C@H]([C@H]2COCCO2)CO1. The summed E-state index contributed by atoms with van der Waals surface area (Å²) < 4.78 is 21.5. The lowest BCUT2D eigenvalue weighted by Crippen LogP contribution is -2.45. The van der Waals surface area contributed by atoms with Gasteiger partial charge in [0.05, 0.1) is 39.6 Å². The number of hydrogen-bond acceptors (Lipinski definition) is 4. The van der Waals surface area contributed by atoms with Crippen molar-refractivity contribution in [1.29, 1.82) is 0 Å². The molecule has 0 unspecified atom stereocenters. The Morgan fingerprint density at radius 2 is 1.17 bits per heavy atom. The van der Waals surface area contributed by atoms with Crippen LogP contribution in [0.5, 0.6) is 0 Å². The van der Waals surface area contributed by atoms with Gasteiger partial charge in [-0.2, -0.15) is 0 Å². The molecule has 4 heteroatoms. The molecule has 2 heterocycles. The van der Waals surface area contributed by atoms with Crippen LogP contribution < -0.4 is 0 Å². The summed E-state index contributed by atoms with van der Waals surface area (Å²) >= 11 is 0. The molecule has 0 radical (unpaired) electrons. The molecule has 2 rings (SSSR count). The molecule has 0 aromatic rings. The average molecular weight is 174 g/mol. The van der Waals surface area contributed by atoms with Gasteiger partial charge in [0.1, 0.15) is 12.2 Å². The molecule has 2 fully saturated rings. The van der Waals surface area contributed by atoms with Crippen molar-refractivity contribution in [3.8, 4) is 0 Å². The minimum absolute atomic E-state index is 0.0686. The summed E-state index contributed by atoms with van der Waals surface area (Å²) in [6, 6.07) is 0. The molecule has 2 atom stereocenters. The van der Waals surface area contributed by atoms with Gasteiger partial charge in [-0.25, -0.2) is 0 Å². The molecule has 2 saturated heterocycles. The molecule has 0 saturated carbocycles. The lowest BCUT2D eigenvalue weighted by molar-refractivity contribution is -0.186. The third-order valence-corrected chi connectivity index (χ3v) is 2.10. The summed E-state index contributed by atoms with van der Waals surface area (Å²) in [5.41, 5.74) is 0. The van der Waals surface area contributed by atoms with Gasteiger partial charge in [0.15, 0.2) is 0 Å². The molecule has 2 aliphatic heterocycles. The Balaban J connectivity index is 1.80. The first-order chi connectivity index (χ1) is 5.97. The van der Waals surface area contributed by atoms with Crippen LogP contribution in [0.25, 0.3) is 0 Å². The van der Waals surface area contributed by atoms with E-state index in [1.54, 1.807) is 0 Å². The molecule has 0 aromatic carbocycles. The Kier molecular flexibility index (Phi) is 2.94. The highest BCUT2D eigenvalue weighted by Gasteiger charge is 2.27. The van der Waals surface area contributed by atoms with E-state index in [0.29, 0.717) is 39.6 Å². The maximum atomic E-state index is 5.49. The van der Waals surface area contributed by atoms with E-state index in [4.69, 9.17) is 18.9 Å². The first-order valence-corrected chi connectivity index (χ1v) is 4.35. The zero-order chi connectivity index (χ0) is 8.23. The first kappa shape index (κ1) is 8.44. The Bertz CT molecular complexity index is 111. The fraction of sp³-hybridized carbons (Fsp3) is 1.00. The number of hydrogen-bond donors (Lipinski definition) is 0.